The van der Waals surface area contributed by atoms with E-state index in [1.807, 2.05) is 0 Å². The van der Waals surface area contributed by atoms with Crippen LogP contribution in [-0.2, 0) is 14.8 Å². The number of fused-ring (bicyclic) bond motifs is 3. The second-order valence-electron chi connectivity index (χ2n) is 5.83. The summed E-state index contributed by atoms with van der Waals surface area (Å²) in [6, 6.07) is 3.84. The largest absolute Gasteiger partial charge is 0.481 e. The maximum absolute atomic E-state index is 12.9. The lowest BCUT2D eigenvalue weighted by molar-refractivity contribution is -0.142. The van der Waals surface area contributed by atoms with Crippen molar-refractivity contribution in [1.29, 1.82) is 0 Å². The summed E-state index contributed by atoms with van der Waals surface area (Å²) in [6.45, 7) is 0.0783. The lowest BCUT2D eigenvalue weighted by Crippen LogP contribution is -2.37. The molecular formula is C14H15NO6S. The van der Waals surface area contributed by atoms with Crippen molar-refractivity contribution in [2.24, 2.45) is 5.92 Å². The molecule has 0 aromatic heterocycles. The summed E-state index contributed by atoms with van der Waals surface area (Å²) in [7, 11) is -3.73. The Labute approximate surface area is 127 Å². The molecule has 0 amide bonds. The van der Waals surface area contributed by atoms with E-state index in [1.54, 1.807) is 6.07 Å². The summed E-state index contributed by atoms with van der Waals surface area (Å²) in [5.74, 6) is -0.602. The second-order valence-corrected chi connectivity index (χ2v) is 7.67. The molecule has 22 heavy (non-hydrogen) atoms. The van der Waals surface area contributed by atoms with E-state index < -0.39 is 28.0 Å². The molecule has 3 unspecified atom stereocenters. The average molecular weight is 325 g/mol. The molecule has 7 nitrogen and oxygen atoms in total. The third-order valence-corrected chi connectivity index (χ3v) is 6.68. The molecule has 3 heterocycles. The summed E-state index contributed by atoms with van der Waals surface area (Å²) in [5, 5.41) is 9.26. The zero-order chi connectivity index (χ0) is 15.5. The van der Waals surface area contributed by atoms with E-state index in [0.29, 0.717) is 24.3 Å². The van der Waals surface area contributed by atoms with Gasteiger partial charge in [0.15, 0.2) is 11.5 Å². The minimum Gasteiger partial charge on any atom is -0.481 e. The third kappa shape index (κ3) is 1.83. The Hall–Kier alpha value is -1.80. The Morgan fingerprint density at radius 2 is 2.00 bits per heavy atom. The van der Waals surface area contributed by atoms with Crippen molar-refractivity contribution in [1.82, 2.24) is 4.31 Å². The summed E-state index contributed by atoms with van der Waals surface area (Å²) in [4.78, 5) is 11.4. The maximum Gasteiger partial charge on any atom is 0.308 e. The van der Waals surface area contributed by atoms with Gasteiger partial charge in [0.2, 0.25) is 16.8 Å². The first kappa shape index (κ1) is 13.8. The van der Waals surface area contributed by atoms with Crippen LogP contribution in [-0.4, -0.2) is 42.7 Å². The van der Waals surface area contributed by atoms with Gasteiger partial charge >= 0.3 is 5.97 Å². The first-order chi connectivity index (χ1) is 10.5. The van der Waals surface area contributed by atoms with E-state index in [-0.39, 0.29) is 17.7 Å². The maximum atomic E-state index is 12.9. The predicted molar refractivity (Wildman–Crippen MR) is 74.1 cm³/mol. The summed E-state index contributed by atoms with van der Waals surface area (Å²) >= 11 is 0. The number of carbonyl (C=O) groups is 1. The molecular weight excluding hydrogens is 310 g/mol. The fourth-order valence-corrected chi connectivity index (χ4v) is 5.67. The number of aliphatic carboxylic acids is 1. The molecule has 3 aliphatic heterocycles. The molecule has 1 aromatic carbocycles. The van der Waals surface area contributed by atoms with Gasteiger partial charge in [0, 0.05) is 18.2 Å². The highest BCUT2D eigenvalue weighted by molar-refractivity contribution is 7.89. The van der Waals surface area contributed by atoms with Gasteiger partial charge in [0.25, 0.3) is 0 Å². The van der Waals surface area contributed by atoms with Crippen molar-refractivity contribution in [3.05, 3.63) is 18.2 Å². The molecule has 1 aromatic rings. The van der Waals surface area contributed by atoms with Crippen LogP contribution >= 0.6 is 0 Å². The average Bonchev–Trinajstić information content (AvgIpc) is 3.19. The Morgan fingerprint density at radius 1 is 1.23 bits per heavy atom. The van der Waals surface area contributed by atoms with Gasteiger partial charge < -0.3 is 14.6 Å². The van der Waals surface area contributed by atoms with E-state index >= 15 is 0 Å². The topological polar surface area (TPSA) is 93.1 Å². The van der Waals surface area contributed by atoms with Gasteiger partial charge in [-0.1, -0.05) is 0 Å². The van der Waals surface area contributed by atoms with Crippen LogP contribution in [0.5, 0.6) is 11.5 Å². The number of rotatable bonds is 3. The van der Waals surface area contributed by atoms with E-state index in [0.717, 1.165) is 6.42 Å². The van der Waals surface area contributed by atoms with E-state index in [4.69, 9.17) is 9.47 Å². The first-order valence-electron chi connectivity index (χ1n) is 7.14. The normalized spacial score (nSPS) is 29.9. The van der Waals surface area contributed by atoms with Gasteiger partial charge in [0.05, 0.1) is 10.8 Å². The number of nitrogens with zero attached hydrogens (tertiary/aromatic N) is 1. The fraction of sp³-hybridized carbons (Fsp3) is 0.500. The summed E-state index contributed by atoms with van der Waals surface area (Å²) in [5.41, 5.74) is 0. The van der Waals surface area contributed by atoms with Crippen LogP contribution in [0, 0.1) is 5.92 Å². The summed E-state index contributed by atoms with van der Waals surface area (Å²) in [6.07, 6.45) is 1.72. The number of carboxylic acid groups (broad SMARTS) is 1. The highest BCUT2D eigenvalue weighted by atomic mass is 32.2. The molecule has 0 aliphatic carbocycles. The van der Waals surface area contributed by atoms with Crippen LogP contribution in [0.1, 0.15) is 19.3 Å². The molecule has 2 saturated heterocycles. The van der Waals surface area contributed by atoms with Crippen LogP contribution in [0.15, 0.2) is 23.1 Å². The van der Waals surface area contributed by atoms with Gasteiger partial charge in [-0.15, -0.1) is 0 Å². The number of carboxylic acids is 1. The minimum absolute atomic E-state index is 0.0783. The SMILES string of the molecule is O=C(O)C1CC2CCC1N2S(=O)(=O)c1ccc2c(c1)OCO2. The van der Waals surface area contributed by atoms with Gasteiger partial charge in [-0.05, 0) is 31.4 Å². The fourth-order valence-electron chi connectivity index (χ4n) is 3.74. The van der Waals surface area contributed by atoms with E-state index in [2.05, 4.69) is 0 Å². The quantitative estimate of drug-likeness (QED) is 0.892. The zero-order valence-corrected chi connectivity index (χ0v) is 12.5. The second kappa shape index (κ2) is 4.60. The minimum atomic E-state index is -3.73. The lowest BCUT2D eigenvalue weighted by Gasteiger charge is -2.22. The third-order valence-electron chi connectivity index (χ3n) is 4.71. The molecule has 4 rings (SSSR count). The van der Waals surface area contributed by atoms with Crippen LogP contribution in [0.2, 0.25) is 0 Å². The molecule has 118 valence electrons. The molecule has 2 bridgehead atoms. The van der Waals surface area contributed by atoms with Gasteiger partial charge in [-0.25, -0.2) is 8.42 Å². The Morgan fingerprint density at radius 3 is 2.73 bits per heavy atom. The van der Waals surface area contributed by atoms with Crippen molar-refractivity contribution < 1.29 is 27.8 Å². The highest BCUT2D eigenvalue weighted by Gasteiger charge is 2.54. The first-order valence-corrected chi connectivity index (χ1v) is 8.58. The lowest BCUT2D eigenvalue weighted by atomic mass is 9.89. The monoisotopic (exact) mass is 325 g/mol. The molecule has 0 spiro atoms. The number of hydrogen-bond acceptors (Lipinski definition) is 5. The molecule has 8 heteroatoms. The summed E-state index contributed by atoms with van der Waals surface area (Å²) < 4.78 is 37.6. The van der Waals surface area contributed by atoms with Gasteiger partial charge in [-0.2, -0.15) is 4.31 Å². The van der Waals surface area contributed by atoms with Gasteiger partial charge in [-0.3, -0.25) is 4.79 Å². The van der Waals surface area contributed by atoms with Crippen molar-refractivity contribution in [3.63, 3.8) is 0 Å². The van der Waals surface area contributed by atoms with Crippen LogP contribution in [0.4, 0.5) is 0 Å². The van der Waals surface area contributed by atoms with Crippen molar-refractivity contribution >= 4 is 16.0 Å². The number of benzene rings is 1. The molecule has 3 aliphatic rings. The predicted octanol–water partition coefficient (Wildman–Crippen LogP) is 1.04. The molecule has 0 saturated carbocycles. The Kier molecular flexibility index (Phi) is 2.89. The highest BCUT2D eigenvalue weighted by Crippen LogP contribution is 2.46. The number of hydrogen-bond donors (Lipinski definition) is 1. The van der Waals surface area contributed by atoms with Crippen molar-refractivity contribution in [2.45, 2.75) is 36.2 Å². The van der Waals surface area contributed by atoms with Crippen molar-refractivity contribution in [2.75, 3.05) is 6.79 Å². The van der Waals surface area contributed by atoms with Gasteiger partial charge in [0.1, 0.15) is 0 Å². The Bertz CT molecular complexity index is 746. The molecule has 0 radical (unpaired) electrons. The van der Waals surface area contributed by atoms with Crippen LogP contribution < -0.4 is 9.47 Å². The molecule has 2 fully saturated rings. The van der Waals surface area contributed by atoms with Crippen LogP contribution in [0.25, 0.3) is 0 Å². The zero-order valence-electron chi connectivity index (χ0n) is 11.6. The number of ether oxygens (including phenoxy) is 2. The Balaban J connectivity index is 1.71. The van der Waals surface area contributed by atoms with E-state index in [9.17, 15) is 18.3 Å². The van der Waals surface area contributed by atoms with Crippen molar-refractivity contribution in [3.8, 4) is 11.5 Å². The standard InChI is InChI=1S/C14H15NO6S/c16-14(17)10-5-8-1-3-11(10)15(8)22(18,19)9-2-4-12-13(6-9)21-7-20-12/h2,4,6,8,10-11H,1,3,5,7H2,(H,16,17). The number of sulfonamides is 1. The molecule has 3 atom stereocenters. The smallest absolute Gasteiger partial charge is 0.308 e. The van der Waals surface area contributed by atoms with Crippen LogP contribution in [0.3, 0.4) is 0 Å². The molecule has 1 N–H and O–H groups in total. The van der Waals surface area contributed by atoms with E-state index in [1.165, 1.54) is 16.4 Å².